The van der Waals surface area contributed by atoms with Crippen LogP contribution in [0.15, 0.2) is 10.9 Å². The van der Waals surface area contributed by atoms with Crippen LogP contribution in [0.1, 0.15) is 32.3 Å². The van der Waals surface area contributed by atoms with Crippen molar-refractivity contribution in [3.8, 4) is 0 Å². The first-order valence-electron chi connectivity index (χ1n) is 5.28. The van der Waals surface area contributed by atoms with Crippen LogP contribution in [-0.4, -0.2) is 15.7 Å². The van der Waals surface area contributed by atoms with Crippen molar-refractivity contribution < 1.29 is 0 Å². The Kier molecular flexibility index (Phi) is 4.88. The molecule has 0 aromatic carbocycles. The maximum absolute atomic E-state index is 11.3. The molecule has 0 aliphatic heterocycles. The third-order valence-corrected chi connectivity index (χ3v) is 3.28. The third-order valence-electron chi connectivity index (χ3n) is 1.90. The molecular weight excluding hydrogens is 208 g/mol. The van der Waals surface area contributed by atoms with Gasteiger partial charge in [0.2, 0.25) is 0 Å². The van der Waals surface area contributed by atoms with Gasteiger partial charge in [-0.25, -0.2) is 4.98 Å². The molecule has 0 unspecified atom stereocenters. The Labute approximate surface area is 94.7 Å². The fourth-order valence-electron chi connectivity index (χ4n) is 1.20. The summed E-state index contributed by atoms with van der Waals surface area (Å²) in [6, 6.07) is 1.57. The molecule has 0 amide bonds. The van der Waals surface area contributed by atoms with Crippen LogP contribution in [0.4, 0.5) is 0 Å². The van der Waals surface area contributed by atoms with Gasteiger partial charge < -0.3 is 4.98 Å². The van der Waals surface area contributed by atoms with E-state index >= 15 is 0 Å². The largest absolute Gasteiger partial charge is 0.310 e. The molecule has 15 heavy (non-hydrogen) atoms. The highest BCUT2D eigenvalue weighted by Crippen LogP contribution is 2.11. The van der Waals surface area contributed by atoms with E-state index in [0.717, 1.165) is 29.4 Å². The van der Waals surface area contributed by atoms with Crippen LogP contribution in [0.2, 0.25) is 0 Å². The van der Waals surface area contributed by atoms with Gasteiger partial charge >= 0.3 is 0 Å². The first kappa shape index (κ1) is 12.3. The zero-order valence-electron chi connectivity index (χ0n) is 9.54. The Morgan fingerprint density at radius 1 is 1.53 bits per heavy atom. The van der Waals surface area contributed by atoms with Crippen molar-refractivity contribution in [2.24, 2.45) is 5.92 Å². The third kappa shape index (κ3) is 4.51. The lowest BCUT2D eigenvalue weighted by molar-refractivity contribution is 0.749. The number of aromatic amines is 1. The molecule has 0 atom stereocenters. The second-order valence-corrected chi connectivity index (χ2v) is 4.98. The van der Waals surface area contributed by atoms with E-state index in [9.17, 15) is 4.79 Å². The smallest absolute Gasteiger partial charge is 0.251 e. The molecule has 1 N–H and O–H groups in total. The molecule has 0 fully saturated rings. The van der Waals surface area contributed by atoms with E-state index in [2.05, 4.69) is 23.8 Å². The highest BCUT2D eigenvalue weighted by atomic mass is 32.2. The number of thioether (sulfide) groups is 1. The molecule has 0 saturated carbocycles. The molecule has 1 aromatic rings. The van der Waals surface area contributed by atoms with Crippen LogP contribution in [0, 0.1) is 5.92 Å². The lowest BCUT2D eigenvalue weighted by atomic mass is 10.3. The van der Waals surface area contributed by atoms with Crippen molar-refractivity contribution in [3.05, 3.63) is 27.9 Å². The maximum Gasteiger partial charge on any atom is 0.251 e. The van der Waals surface area contributed by atoms with Gasteiger partial charge in [0, 0.05) is 11.8 Å². The highest BCUT2D eigenvalue weighted by Gasteiger charge is 2.01. The minimum atomic E-state index is -0.0398. The summed E-state index contributed by atoms with van der Waals surface area (Å²) in [5.41, 5.74) is 0.834. The van der Waals surface area contributed by atoms with E-state index in [0.29, 0.717) is 5.92 Å². The molecule has 84 valence electrons. The first-order chi connectivity index (χ1) is 7.11. The van der Waals surface area contributed by atoms with E-state index < -0.39 is 0 Å². The maximum atomic E-state index is 11.3. The van der Waals surface area contributed by atoms with E-state index in [1.165, 1.54) is 0 Å². The standard InChI is InChI=1S/C11H18N2OS/c1-4-9-5-11(14)13-10(12-9)7-15-6-8(2)3/h5,8H,4,6-7H2,1-3H3,(H,12,13,14). The zero-order chi connectivity index (χ0) is 11.3. The number of aromatic nitrogens is 2. The summed E-state index contributed by atoms with van der Waals surface area (Å²) in [5, 5.41) is 0. The molecule has 1 rings (SSSR count). The average molecular weight is 226 g/mol. The lowest BCUT2D eigenvalue weighted by Gasteiger charge is -2.04. The van der Waals surface area contributed by atoms with Gasteiger partial charge in [0.05, 0.1) is 5.75 Å². The normalized spacial score (nSPS) is 10.9. The molecule has 1 heterocycles. The van der Waals surface area contributed by atoms with E-state index in [1.807, 2.05) is 18.7 Å². The number of rotatable bonds is 5. The summed E-state index contributed by atoms with van der Waals surface area (Å²) < 4.78 is 0. The SMILES string of the molecule is CCc1cc(=O)[nH]c(CSCC(C)C)n1. The second-order valence-electron chi connectivity index (χ2n) is 3.95. The number of aryl methyl sites for hydroxylation is 1. The van der Waals surface area contributed by atoms with Gasteiger partial charge in [0.15, 0.2) is 0 Å². The first-order valence-corrected chi connectivity index (χ1v) is 6.44. The summed E-state index contributed by atoms with van der Waals surface area (Å²) in [6.45, 7) is 6.38. The van der Waals surface area contributed by atoms with Crippen molar-refractivity contribution in [2.75, 3.05) is 5.75 Å². The molecule has 0 spiro atoms. The molecule has 0 saturated heterocycles. The lowest BCUT2D eigenvalue weighted by Crippen LogP contribution is -2.12. The quantitative estimate of drug-likeness (QED) is 0.837. The van der Waals surface area contributed by atoms with Crippen molar-refractivity contribution in [1.29, 1.82) is 0 Å². The summed E-state index contributed by atoms with van der Waals surface area (Å²) in [4.78, 5) is 18.4. The van der Waals surface area contributed by atoms with Crippen LogP contribution >= 0.6 is 11.8 Å². The van der Waals surface area contributed by atoms with E-state index in [1.54, 1.807) is 6.07 Å². The number of hydrogen-bond donors (Lipinski definition) is 1. The molecular formula is C11H18N2OS. The number of nitrogens with zero attached hydrogens (tertiary/aromatic N) is 1. The topological polar surface area (TPSA) is 45.8 Å². The van der Waals surface area contributed by atoms with Gasteiger partial charge in [-0.05, 0) is 18.1 Å². The van der Waals surface area contributed by atoms with E-state index in [4.69, 9.17) is 0 Å². The molecule has 4 heteroatoms. The van der Waals surface area contributed by atoms with Crippen LogP contribution < -0.4 is 5.56 Å². The fraction of sp³-hybridized carbons (Fsp3) is 0.636. The predicted molar refractivity (Wildman–Crippen MR) is 65.2 cm³/mol. The van der Waals surface area contributed by atoms with Crippen LogP contribution in [0.3, 0.4) is 0 Å². The van der Waals surface area contributed by atoms with Crippen molar-refractivity contribution in [2.45, 2.75) is 32.9 Å². The molecule has 0 bridgehead atoms. The van der Waals surface area contributed by atoms with Gasteiger partial charge in [-0.15, -0.1) is 0 Å². The fourth-order valence-corrected chi connectivity index (χ4v) is 2.12. The van der Waals surface area contributed by atoms with Crippen LogP contribution in [0.25, 0.3) is 0 Å². The van der Waals surface area contributed by atoms with E-state index in [-0.39, 0.29) is 5.56 Å². The molecule has 0 radical (unpaired) electrons. The van der Waals surface area contributed by atoms with Crippen LogP contribution in [-0.2, 0) is 12.2 Å². The van der Waals surface area contributed by atoms with Crippen molar-refractivity contribution in [1.82, 2.24) is 9.97 Å². The summed E-state index contributed by atoms with van der Waals surface area (Å²) >= 11 is 1.81. The Morgan fingerprint density at radius 3 is 2.87 bits per heavy atom. The van der Waals surface area contributed by atoms with Gasteiger partial charge in [0.1, 0.15) is 5.82 Å². The molecule has 1 aromatic heterocycles. The molecule has 0 aliphatic rings. The number of hydrogen-bond acceptors (Lipinski definition) is 3. The van der Waals surface area contributed by atoms with Crippen LogP contribution in [0.5, 0.6) is 0 Å². The summed E-state index contributed by atoms with van der Waals surface area (Å²) in [6.07, 6.45) is 0.811. The minimum absolute atomic E-state index is 0.0398. The summed E-state index contributed by atoms with van der Waals surface area (Å²) in [7, 11) is 0. The molecule has 0 aliphatic carbocycles. The number of H-pyrrole nitrogens is 1. The molecule has 3 nitrogen and oxygen atoms in total. The van der Waals surface area contributed by atoms with Crippen molar-refractivity contribution >= 4 is 11.8 Å². The van der Waals surface area contributed by atoms with Gasteiger partial charge in [0.25, 0.3) is 5.56 Å². The zero-order valence-corrected chi connectivity index (χ0v) is 10.4. The Hall–Kier alpha value is -0.770. The number of nitrogens with one attached hydrogen (secondary N) is 1. The predicted octanol–water partition coefficient (Wildman–Crippen LogP) is 2.22. The Bertz CT molecular complexity index is 360. The Balaban J connectivity index is 2.60. The monoisotopic (exact) mass is 226 g/mol. The van der Waals surface area contributed by atoms with Crippen molar-refractivity contribution in [3.63, 3.8) is 0 Å². The van der Waals surface area contributed by atoms with Gasteiger partial charge in [-0.1, -0.05) is 20.8 Å². The Morgan fingerprint density at radius 2 is 2.27 bits per heavy atom. The summed E-state index contributed by atoms with van der Waals surface area (Å²) in [5.74, 6) is 3.36. The second kappa shape index (κ2) is 5.95. The van der Waals surface area contributed by atoms with Gasteiger partial charge in [-0.2, -0.15) is 11.8 Å². The minimum Gasteiger partial charge on any atom is -0.310 e. The highest BCUT2D eigenvalue weighted by molar-refractivity contribution is 7.98. The van der Waals surface area contributed by atoms with Gasteiger partial charge in [-0.3, -0.25) is 4.79 Å². The average Bonchev–Trinajstić information content (AvgIpc) is 2.16.